The van der Waals surface area contributed by atoms with Crippen molar-refractivity contribution in [3.05, 3.63) is 28.2 Å². The van der Waals surface area contributed by atoms with Crippen molar-refractivity contribution in [3.8, 4) is 0 Å². The van der Waals surface area contributed by atoms with Crippen molar-refractivity contribution in [2.45, 2.75) is 19.4 Å². The topological polar surface area (TPSA) is 41.6 Å². The zero-order valence-corrected chi connectivity index (χ0v) is 12.9. The molecule has 0 aliphatic carbocycles. The smallest absolute Gasteiger partial charge is 0.253 e. The second-order valence-electron chi connectivity index (χ2n) is 4.78. The Balaban J connectivity index is 2.14. The molecule has 1 saturated heterocycles. The van der Waals surface area contributed by atoms with Crippen molar-refractivity contribution in [3.63, 3.8) is 0 Å². The predicted molar refractivity (Wildman–Crippen MR) is 79.5 cm³/mol. The predicted octanol–water partition coefficient (Wildman–Crippen LogP) is 2.10. The first-order chi connectivity index (χ1) is 9.11. The summed E-state index contributed by atoms with van der Waals surface area (Å²) in [6, 6.07) is 6.03. The molecule has 1 amide bonds. The van der Waals surface area contributed by atoms with Crippen LogP contribution in [0.5, 0.6) is 0 Å². The first kappa shape index (κ1) is 14.5. The lowest BCUT2D eigenvalue weighted by molar-refractivity contribution is -0.129. The number of carbonyl (C=O) groups excluding carboxylic acids is 1. The Labute approximate surface area is 122 Å². The number of halogens is 1. The molecule has 1 aliphatic heterocycles. The monoisotopic (exact) mass is 326 g/mol. The molecule has 104 valence electrons. The minimum atomic E-state index is 0.0188. The standard InChI is InChI=1S/C14H19BrN2O2/c1-10-3-4-13(12(15)7-10)17-8-11(5-6-16-2)19-9-14(17)18/h3-4,7,11,16H,5-6,8-9H2,1-2H3. The zero-order valence-electron chi connectivity index (χ0n) is 11.3. The third-order valence-corrected chi connectivity index (χ3v) is 3.88. The highest BCUT2D eigenvalue weighted by atomic mass is 79.9. The van der Waals surface area contributed by atoms with E-state index in [0.29, 0.717) is 6.54 Å². The first-order valence-corrected chi connectivity index (χ1v) is 7.24. The van der Waals surface area contributed by atoms with Crippen LogP contribution in [-0.2, 0) is 9.53 Å². The summed E-state index contributed by atoms with van der Waals surface area (Å²) in [6.45, 7) is 3.70. The first-order valence-electron chi connectivity index (χ1n) is 6.44. The number of rotatable bonds is 4. The minimum Gasteiger partial charge on any atom is -0.366 e. The Morgan fingerprint density at radius 2 is 2.32 bits per heavy atom. The van der Waals surface area contributed by atoms with Gasteiger partial charge in [0, 0.05) is 4.47 Å². The van der Waals surface area contributed by atoms with Crippen LogP contribution in [0, 0.1) is 6.92 Å². The molecule has 1 heterocycles. The van der Waals surface area contributed by atoms with Gasteiger partial charge in [0.15, 0.2) is 0 Å². The maximum Gasteiger partial charge on any atom is 0.253 e. The number of benzene rings is 1. The van der Waals surface area contributed by atoms with Gasteiger partial charge >= 0.3 is 0 Å². The molecule has 0 bridgehead atoms. The number of morpholine rings is 1. The van der Waals surface area contributed by atoms with E-state index in [-0.39, 0.29) is 18.6 Å². The van der Waals surface area contributed by atoms with Gasteiger partial charge in [-0.15, -0.1) is 0 Å². The van der Waals surface area contributed by atoms with Crippen LogP contribution in [0.15, 0.2) is 22.7 Å². The van der Waals surface area contributed by atoms with Gasteiger partial charge in [0.05, 0.1) is 18.3 Å². The van der Waals surface area contributed by atoms with Crippen molar-refractivity contribution in [1.29, 1.82) is 0 Å². The fourth-order valence-electron chi connectivity index (χ4n) is 2.17. The molecule has 4 nitrogen and oxygen atoms in total. The van der Waals surface area contributed by atoms with Crippen molar-refractivity contribution in [1.82, 2.24) is 5.32 Å². The van der Waals surface area contributed by atoms with Gasteiger partial charge in [-0.2, -0.15) is 0 Å². The molecule has 1 aliphatic rings. The highest BCUT2D eigenvalue weighted by Crippen LogP contribution is 2.29. The van der Waals surface area contributed by atoms with Crippen LogP contribution < -0.4 is 10.2 Å². The van der Waals surface area contributed by atoms with E-state index in [1.54, 1.807) is 0 Å². The maximum absolute atomic E-state index is 12.0. The summed E-state index contributed by atoms with van der Waals surface area (Å²) in [6.07, 6.45) is 1.00. The largest absolute Gasteiger partial charge is 0.366 e. The van der Waals surface area contributed by atoms with Crippen LogP contribution in [0.25, 0.3) is 0 Å². The number of hydrogen-bond donors (Lipinski definition) is 1. The summed E-state index contributed by atoms with van der Waals surface area (Å²) in [4.78, 5) is 13.8. The summed E-state index contributed by atoms with van der Waals surface area (Å²) in [7, 11) is 1.92. The molecule has 19 heavy (non-hydrogen) atoms. The maximum atomic E-state index is 12.0. The molecule has 1 N–H and O–H groups in total. The molecule has 0 spiro atoms. The van der Waals surface area contributed by atoms with Crippen LogP contribution in [0.1, 0.15) is 12.0 Å². The van der Waals surface area contributed by atoms with Gasteiger partial charge in [-0.05, 0) is 60.6 Å². The number of carbonyl (C=O) groups is 1. The van der Waals surface area contributed by atoms with E-state index in [2.05, 4.69) is 21.2 Å². The Bertz CT molecular complexity index is 465. The third-order valence-electron chi connectivity index (χ3n) is 3.24. The molecule has 1 aromatic carbocycles. The van der Waals surface area contributed by atoms with Gasteiger partial charge in [-0.3, -0.25) is 4.79 Å². The van der Waals surface area contributed by atoms with Crippen molar-refractivity contribution >= 4 is 27.5 Å². The van der Waals surface area contributed by atoms with Crippen molar-refractivity contribution in [2.24, 2.45) is 0 Å². The van der Waals surface area contributed by atoms with Crippen LogP contribution in [0.3, 0.4) is 0 Å². The average molecular weight is 327 g/mol. The number of aryl methyl sites for hydroxylation is 1. The van der Waals surface area contributed by atoms with E-state index >= 15 is 0 Å². The molecule has 5 heteroatoms. The van der Waals surface area contributed by atoms with E-state index in [1.165, 1.54) is 5.56 Å². The van der Waals surface area contributed by atoms with E-state index in [4.69, 9.17) is 4.74 Å². The normalized spacial score (nSPS) is 19.8. The molecule has 1 aromatic rings. The van der Waals surface area contributed by atoms with Gasteiger partial charge in [0.25, 0.3) is 5.91 Å². The van der Waals surface area contributed by atoms with E-state index in [1.807, 2.05) is 37.1 Å². The number of anilines is 1. The number of nitrogens with zero attached hydrogens (tertiary/aromatic N) is 1. The SMILES string of the molecule is CNCCC1CN(c2ccc(C)cc2Br)C(=O)CO1. The molecule has 2 rings (SSSR count). The summed E-state index contributed by atoms with van der Waals surface area (Å²) in [5, 5.41) is 3.11. The van der Waals surface area contributed by atoms with Crippen LogP contribution in [-0.4, -0.2) is 38.8 Å². The molecule has 0 saturated carbocycles. The molecule has 0 aromatic heterocycles. The molecule has 1 unspecified atom stereocenters. The molecular weight excluding hydrogens is 308 g/mol. The second-order valence-corrected chi connectivity index (χ2v) is 5.64. The third kappa shape index (κ3) is 3.55. The van der Waals surface area contributed by atoms with Gasteiger partial charge < -0.3 is 15.0 Å². The quantitative estimate of drug-likeness (QED) is 0.921. The minimum absolute atomic E-state index is 0.0188. The van der Waals surface area contributed by atoms with E-state index in [9.17, 15) is 4.79 Å². The van der Waals surface area contributed by atoms with Gasteiger partial charge in [-0.25, -0.2) is 0 Å². The lowest BCUT2D eigenvalue weighted by Crippen LogP contribution is -2.47. The van der Waals surface area contributed by atoms with E-state index in [0.717, 1.165) is 23.1 Å². The van der Waals surface area contributed by atoms with Crippen LogP contribution >= 0.6 is 15.9 Å². The lowest BCUT2D eigenvalue weighted by Gasteiger charge is -2.33. The molecular formula is C14H19BrN2O2. The summed E-state index contributed by atoms with van der Waals surface area (Å²) < 4.78 is 6.51. The van der Waals surface area contributed by atoms with E-state index < -0.39 is 0 Å². The lowest BCUT2D eigenvalue weighted by atomic mass is 10.1. The molecule has 1 atom stereocenters. The van der Waals surface area contributed by atoms with Crippen LogP contribution in [0.4, 0.5) is 5.69 Å². The molecule has 1 fully saturated rings. The van der Waals surface area contributed by atoms with Gasteiger partial charge in [0.1, 0.15) is 6.61 Å². The summed E-state index contributed by atoms with van der Waals surface area (Å²) in [5.74, 6) is 0.0188. The zero-order chi connectivity index (χ0) is 13.8. The fraction of sp³-hybridized carbons (Fsp3) is 0.500. The Hall–Kier alpha value is -0.910. The number of amides is 1. The summed E-state index contributed by atoms with van der Waals surface area (Å²) >= 11 is 3.54. The van der Waals surface area contributed by atoms with Gasteiger partial charge in [0.2, 0.25) is 0 Å². The van der Waals surface area contributed by atoms with Crippen LogP contribution in [0.2, 0.25) is 0 Å². The summed E-state index contributed by atoms with van der Waals surface area (Å²) in [5.41, 5.74) is 2.09. The highest BCUT2D eigenvalue weighted by Gasteiger charge is 2.28. The Kier molecular flexibility index (Phi) is 4.96. The number of hydrogen-bond acceptors (Lipinski definition) is 3. The highest BCUT2D eigenvalue weighted by molar-refractivity contribution is 9.10. The average Bonchev–Trinajstić information content (AvgIpc) is 2.38. The number of ether oxygens (including phenoxy) is 1. The number of nitrogens with one attached hydrogen (secondary N) is 1. The Morgan fingerprint density at radius 3 is 3.00 bits per heavy atom. The fourth-order valence-corrected chi connectivity index (χ4v) is 2.88. The van der Waals surface area contributed by atoms with Crippen molar-refractivity contribution < 1.29 is 9.53 Å². The Morgan fingerprint density at radius 1 is 1.53 bits per heavy atom. The van der Waals surface area contributed by atoms with Gasteiger partial charge in [-0.1, -0.05) is 6.07 Å². The molecule has 0 radical (unpaired) electrons. The second kappa shape index (κ2) is 6.50. The van der Waals surface area contributed by atoms with Crippen molar-refractivity contribution in [2.75, 3.05) is 31.6 Å².